The lowest BCUT2D eigenvalue weighted by molar-refractivity contribution is -0.145. The maximum absolute atomic E-state index is 14.6. The van der Waals surface area contributed by atoms with Crippen molar-refractivity contribution in [3.8, 4) is 17.2 Å². The summed E-state index contributed by atoms with van der Waals surface area (Å²) in [7, 11) is -2.27. The van der Waals surface area contributed by atoms with E-state index in [1.807, 2.05) is 36.4 Å². The highest BCUT2D eigenvalue weighted by molar-refractivity contribution is 6.74. The lowest BCUT2D eigenvalue weighted by Crippen LogP contribution is -2.44. The minimum Gasteiger partial charge on any atom is -0.480 e. The highest BCUT2D eigenvalue weighted by atomic mass is 28.4. The SMILES string of the molecule is CC(C)(C)[Si](C)(C)OCc1cc(/C=C/c2cccc(-c3ccccc3)c2C#N)c(C(F)(F)F)cc1CN1CCCC[C@H]1C(=O)O. The van der Waals surface area contributed by atoms with E-state index in [0.29, 0.717) is 40.8 Å². The molecule has 3 aromatic rings. The molecule has 0 unspecified atom stereocenters. The summed E-state index contributed by atoms with van der Waals surface area (Å²) in [4.78, 5) is 13.8. The Balaban J connectivity index is 1.82. The van der Waals surface area contributed by atoms with Crippen molar-refractivity contribution in [2.45, 2.75) is 83.5 Å². The third kappa shape index (κ3) is 8.12. The fourth-order valence-corrected chi connectivity index (χ4v) is 6.35. The normalized spacial score (nSPS) is 16.6. The van der Waals surface area contributed by atoms with Gasteiger partial charge in [-0.15, -0.1) is 0 Å². The first-order valence-electron chi connectivity index (χ1n) is 15.2. The fraction of sp³-hybridized carbons (Fsp3) is 0.389. The standard InChI is InChI=1S/C36H41F3N2O3Si/c1-35(2,3)45(4,5)44-24-29-20-27(18-17-26-14-11-15-30(31(26)22-40)25-12-7-6-8-13-25)32(36(37,38)39)21-28(29)23-41-19-10-9-16-33(41)34(42)43/h6-8,11-15,17-18,20-21,33H,9-10,16,19,23-24H2,1-5H3,(H,42,43)/b18-17+/t33-/m0/s1. The molecule has 1 aliphatic rings. The van der Waals surface area contributed by atoms with Gasteiger partial charge in [0, 0.05) is 12.1 Å². The van der Waals surface area contributed by atoms with Gasteiger partial charge < -0.3 is 9.53 Å². The molecule has 5 nitrogen and oxygen atoms in total. The number of aliphatic carboxylic acids is 1. The van der Waals surface area contributed by atoms with Gasteiger partial charge in [-0.25, -0.2) is 0 Å². The van der Waals surface area contributed by atoms with Gasteiger partial charge in [-0.05, 0) is 77.5 Å². The Morgan fingerprint density at radius 2 is 1.71 bits per heavy atom. The molecule has 0 amide bonds. The number of halogens is 3. The van der Waals surface area contributed by atoms with Gasteiger partial charge in [-0.2, -0.15) is 18.4 Å². The van der Waals surface area contributed by atoms with Gasteiger partial charge in [0.15, 0.2) is 8.32 Å². The third-order valence-electron chi connectivity index (χ3n) is 9.08. The third-order valence-corrected chi connectivity index (χ3v) is 13.6. The van der Waals surface area contributed by atoms with E-state index in [-0.39, 0.29) is 23.8 Å². The van der Waals surface area contributed by atoms with Crippen LogP contribution in [-0.2, 0) is 28.5 Å². The number of alkyl halides is 3. The van der Waals surface area contributed by atoms with Crippen molar-refractivity contribution in [1.82, 2.24) is 4.90 Å². The number of carboxylic acid groups (broad SMARTS) is 1. The second-order valence-corrected chi connectivity index (χ2v) is 18.0. The predicted molar refractivity (Wildman–Crippen MR) is 175 cm³/mol. The summed E-state index contributed by atoms with van der Waals surface area (Å²) in [5.41, 5.74) is 2.57. The van der Waals surface area contributed by atoms with Crippen molar-refractivity contribution in [3.05, 3.63) is 94.0 Å². The van der Waals surface area contributed by atoms with Crippen LogP contribution in [0.2, 0.25) is 18.1 Å². The number of hydrogen-bond acceptors (Lipinski definition) is 4. The summed E-state index contributed by atoms with van der Waals surface area (Å²) in [6, 6.07) is 18.9. The van der Waals surface area contributed by atoms with Gasteiger partial charge in [0.25, 0.3) is 0 Å². The van der Waals surface area contributed by atoms with Crippen LogP contribution < -0.4 is 0 Å². The van der Waals surface area contributed by atoms with Crippen LogP contribution in [0.1, 0.15) is 73.4 Å². The molecule has 0 radical (unpaired) electrons. The van der Waals surface area contributed by atoms with Gasteiger partial charge in [0.1, 0.15) is 12.1 Å². The number of carbonyl (C=O) groups is 1. The van der Waals surface area contributed by atoms with Crippen molar-refractivity contribution in [3.63, 3.8) is 0 Å². The van der Waals surface area contributed by atoms with Crippen molar-refractivity contribution in [2.24, 2.45) is 0 Å². The molecule has 1 N–H and O–H groups in total. The second kappa shape index (κ2) is 13.7. The minimum atomic E-state index is -4.66. The van der Waals surface area contributed by atoms with Gasteiger partial charge in [-0.3, -0.25) is 9.69 Å². The molecule has 45 heavy (non-hydrogen) atoms. The molecule has 1 fully saturated rings. The van der Waals surface area contributed by atoms with E-state index in [4.69, 9.17) is 4.43 Å². The van der Waals surface area contributed by atoms with Gasteiger partial charge in [0.05, 0.1) is 17.7 Å². The molecule has 1 aliphatic heterocycles. The summed E-state index contributed by atoms with van der Waals surface area (Å²) in [6.45, 7) is 11.2. The Hall–Kier alpha value is -3.71. The minimum absolute atomic E-state index is 0.0393. The van der Waals surface area contributed by atoms with E-state index in [0.717, 1.165) is 24.5 Å². The largest absolute Gasteiger partial charge is 0.480 e. The molecule has 0 aliphatic carbocycles. The van der Waals surface area contributed by atoms with Crippen molar-refractivity contribution < 1.29 is 27.5 Å². The van der Waals surface area contributed by atoms with Gasteiger partial charge >= 0.3 is 12.1 Å². The van der Waals surface area contributed by atoms with E-state index in [1.54, 1.807) is 23.1 Å². The maximum atomic E-state index is 14.6. The molecule has 9 heteroatoms. The van der Waals surface area contributed by atoms with E-state index in [1.165, 1.54) is 12.1 Å². The number of rotatable bonds is 9. The maximum Gasteiger partial charge on any atom is 0.416 e. The Morgan fingerprint density at radius 3 is 2.33 bits per heavy atom. The van der Waals surface area contributed by atoms with Gasteiger partial charge in [-0.1, -0.05) is 87.9 Å². The molecule has 4 rings (SSSR count). The number of benzene rings is 3. The van der Waals surface area contributed by atoms with Crippen molar-refractivity contribution >= 4 is 26.4 Å². The van der Waals surface area contributed by atoms with E-state index in [9.17, 15) is 28.3 Å². The molecule has 0 saturated carbocycles. The first-order chi connectivity index (χ1) is 21.1. The highest BCUT2D eigenvalue weighted by Crippen LogP contribution is 2.39. The molecule has 1 atom stereocenters. The molecular weight excluding hydrogens is 593 g/mol. The molecule has 3 aromatic carbocycles. The topological polar surface area (TPSA) is 73.6 Å². The van der Waals surface area contributed by atoms with Crippen molar-refractivity contribution in [2.75, 3.05) is 6.54 Å². The fourth-order valence-electron chi connectivity index (χ4n) is 5.40. The molecule has 0 spiro atoms. The monoisotopic (exact) mass is 634 g/mol. The van der Waals surface area contributed by atoms with Crippen LogP contribution >= 0.6 is 0 Å². The quantitative estimate of drug-likeness (QED) is 0.188. The Labute approximate surface area is 265 Å². The van der Waals surface area contributed by atoms with E-state index in [2.05, 4.69) is 39.9 Å². The number of carboxylic acids is 1. The van der Waals surface area contributed by atoms with Crippen LogP contribution in [0.25, 0.3) is 23.3 Å². The number of piperidine rings is 1. The number of likely N-dealkylation sites (tertiary alicyclic amines) is 1. The number of nitriles is 1. The average molecular weight is 635 g/mol. The molecule has 0 bridgehead atoms. The van der Waals surface area contributed by atoms with Crippen LogP contribution in [0.4, 0.5) is 13.2 Å². The molecule has 238 valence electrons. The smallest absolute Gasteiger partial charge is 0.416 e. The zero-order valence-corrected chi connectivity index (χ0v) is 27.5. The molecule has 0 aromatic heterocycles. The molecular formula is C36H41F3N2O3Si. The van der Waals surface area contributed by atoms with Crippen LogP contribution in [0, 0.1) is 11.3 Å². The Kier molecular flexibility index (Phi) is 10.4. The summed E-state index contributed by atoms with van der Waals surface area (Å²) in [5.74, 6) is -0.963. The Bertz CT molecular complexity index is 1590. The average Bonchev–Trinajstić information content (AvgIpc) is 2.98. The van der Waals surface area contributed by atoms with Crippen molar-refractivity contribution in [1.29, 1.82) is 5.26 Å². The summed E-state index contributed by atoms with van der Waals surface area (Å²) in [5, 5.41) is 19.7. The van der Waals surface area contributed by atoms with Crippen LogP contribution in [-0.4, -0.2) is 36.9 Å². The second-order valence-electron chi connectivity index (χ2n) is 13.2. The zero-order chi connectivity index (χ0) is 33.0. The Morgan fingerprint density at radius 1 is 1.02 bits per heavy atom. The highest BCUT2D eigenvalue weighted by Gasteiger charge is 2.38. The first-order valence-corrected chi connectivity index (χ1v) is 18.1. The van der Waals surface area contributed by atoms with Crippen LogP contribution in [0.3, 0.4) is 0 Å². The number of nitrogens with zero attached hydrogens (tertiary/aromatic N) is 2. The number of hydrogen-bond donors (Lipinski definition) is 1. The predicted octanol–water partition coefficient (Wildman–Crippen LogP) is 9.38. The lowest BCUT2D eigenvalue weighted by Gasteiger charge is -2.37. The summed E-state index contributed by atoms with van der Waals surface area (Å²) in [6.07, 6.45) is 0.318. The van der Waals surface area contributed by atoms with E-state index < -0.39 is 32.1 Å². The molecule has 1 saturated heterocycles. The lowest BCUT2D eigenvalue weighted by atomic mass is 9.93. The van der Waals surface area contributed by atoms with Crippen LogP contribution in [0.15, 0.2) is 60.7 Å². The van der Waals surface area contributed by atoms with Gasteiger partial charge in [0.2, 0.25) is 0 Å². The summed E-state index contributed by atoms with van der Waals surface area (Å²) < 4.78 is 50.3. The zero-order valence-electron chi connectivity index (χ0n) is 26.5. The summed E-state index contributed by atoms with van der Waals surface area (Å²) >= 11 is 0. The van der Waals surface area contributed by atoms with Crippen LogP contribution in [0.5, 0.6) is 0 Å². The van der Waals surface area contributed by atoms with E-state index >= 15 is 0 Å². The molecule has 1 heterocycles. The first kappa shape index (κ1) is 34.2.